The largest absolute Gasteiger partial charge is 0.330 e. The van der Waals surface area contributed by atoms with Gasteiger partial charge in [-0.25, -0.2) is 4.39 Å². The fourth-order valence-corrected chi connectivity index (χ4v) is 3.05. The van der Waals surface area contributed by atoms with Crippen molar-refractivity contribution in [1.29, 1.82) is 0 Å². The van der Waals surface area contributed by atoms with Gasteiger partial charge in [-0.15, -0.1) is 0 Å². The zero-order valence-electron chi connectivity index (χ0n) is 12.6. The molecule has 2 rings (SSSR count). The lowest BCUT2D eigenvalue weighted by Crippen LogP contribution is -2.35. The van der Waals surface area contributed by atoms with E-state index in [1.54, 1.807) is 23.1 Å². The van der Waals surface area contributed by atoms with Crippen molar-refractivity contribution >= 4 is 11.6 Å². The zero-order chi connectivity index (χ0) is 15.1. The third-order valence-corrected chi connectivity index (χ3v) is 4.22. The lowest BCUT2D eigenvalue weighted by atomic mass is 9.86. The van der Waals surface area contributed by atoms with Crippen LogP contribution in [0.2, 0.25) is 0 Å². The summed E-state index contributed by atoms with van der Waals surface area (Å²) in [5.74, 6) is 0.144. The molecular weight excluding hydrogens is 267 g/mol. The van der Waals surface area contributed by atoms with Crippen LogP contribution in [0.4, 0.5) is 10.1 Å². The number of rotatable bonds is 6. The molecule has 1 fully saturated rings. The summed E-state index contributed by atoms with van der Waals surface area (Å²) in [4.78, 5) is 14.2. The molecule has 1 aromatic rings. The summed E-state index contributed by atoms with van der Waals surface area (Å²) in [6.45, 7) is 0.991. The van der Waals surface area contributed by atoms with E-state index in [1.165, 1.54) is 25.3 Å². The molecule has 21 heavy (non-hydrogen) atoms. The van der Waals surface area contributed by atoms with E-state index in [-0.39, 0.29) is 11.7 Å². The van der Waals surface area contributed by atoms with Crippen molar-refractivity contribution in [2.24, 2.45) is 11.7 Å². The molecule has 0 unspecified atom stereocenters. The van der Waals surface area contributed by atoms with Crippen LogP contribution in [0, 0.1) is 11.7 Å². The Morgan fingerprint density at radius 1 is 1.24 bits per heavy atom. The monoisotopic (exact) mass is 292 g/mol. The quantitative estimate of drug-likeness (QED) is 0.872. The molecular formula is C17H25FN2O. The van der Waals surface area contributed by atoms with Gasteiger partial charge in [0, 0.05) is 13.0 Å². The van der Waals surface area contributed by atoms with Gasteiger partial charge in [0.2, 0.25) is 5.91 Å². The Morgan fingerprint density at radius 2 is 1.95 bits per heavy atom. The lowest BCUT2D eigenvalue weighted by molar-refractivity contribution is -0.119. The molecule has 0 radical (unpaired) electrons. The highest BCUT2D eigenvalue weighted by Crippen LogP contribution is 2.28. The second kappa shape index (κ2) is 8.13. The van der Waals surface area contributed by atoms with Gasteiger partial charge in [0.25, 0.3) is 0 Å². The predicted molar refractivity (Wildman–Crippen MR) is 83.6 cm³/mol. The van der Waals surface area contributed by atoms with Crippen LogP contribution in [0.25, 0.3) is 0 Å². The van der Waals surface area contributed by atoms with Crippen LogP contribution in [-0.2, 0) is 4.79 Å². The summed E-state index contributed by atoms with van der Waals surface area (Å²) in [5.41, 5.74) is 5.93. The van der Waals surface area contributed by atoms with Crippen LogP contribution in [-0.4, -0.2) is 19.0 Å². The summed E-state index contributed by atoms with van der Waals surface area (Å²) in [6, 6.07) is 6.48. The van der Waals surface area contributed by atoms with Crippen LogP contribution < -0.4 is 10.6 Å². The van der Waals surface area contributed by atoms with Gasteiger partial charge in [-0.2, -0.15) is 0 Å². The Balaban J connectivity index is 2.07. The highest BCUT2D eigenvalue weighted by Gasteiger charge is 2.23. The molecule has 0 saturated heterocycles. The number of nitrogens with zero attached hydrogens (tertiary/aromatic N) is 1. The smallest absolute Gasteiger partial charge is 0.227 e. The van der Waals surface area contributed by atoms with Gasteiger partial charge in [0.05, 0.1) is 5.69 Å². The SMILES string of the molecule is NCCCN(C(=O)CC1CCCCC1)c1ccccc1F. The molecule has 1 aliphatic carbocycles. The Labute approximate surface area is 126 Å². The normalized spacial score (nSPS) is 15.9. The number of nitrogens with two attached hydrogens (primary N) is 1. The van der Waals surface area contributed by atoms with E-state index in [0.717, 1.165) is 12.8 Å². The maximum atomic E-state index is 14.0. The summed E-state index contributed by atoms with van der Waals surface area (Å²) in [7, 11) is 0. The first-order valence-corrected chi connectivity index (χ1v) is 7.97. The minimum atomic E-state index is -0.341. The predicted octanol–water partition coefficient (Wildman–Crippen LogP) is 3.48. The van der Waals surface area contributed by atoms with E-state index >= 15 is 0 Å². The number of hydrogen-bond donors (Lipinski definition) is 1. The molecule has 1 saturated carbocycles. The van der Waals surface area contributed by atoms with Crippen molar-refractivity contribution in [3.8, 4) is 0 Å². The van der Waals surface area contributed by atoms with Gasteiger partial charge in [-0.1, -0.05) is 31.4 Å². The van der Waals surface area contributed by atoms with Gasteiger partial charge in [-0.05, 0) is 43.9 Å². The average molecular weight is 292 g/mol. The van der Waals surface area contributed by atoms with Crippen molar-refractivity contribution in [2.75, 3.05) is 18.0 Å². The Hall–Kier alpha value is -1.42. The van der Waals surface area contributed by atoms with Gasteiger partial charge in [0.1, 0.15) is 5.82 Å². The average Bonchev–Trinajstić information content (AvgIpc) is 2.50. The Kier molecular flexibility index (Phi) is 6.18. The van der Waals surface area contributed by atoms with Crippen molar-refractivity contribution in [3.63, 3.8) is 0 Å². The van der Waals surface area contributed by atoms with E-state index in [0.29, 0.717) is 37.5 Å². The minimum absolute atomic E-state index is 0.0282. The number of anilines is 1. The van der Waals surface area contributed by atoms with Crippen LogP contribution in [0.15, 0.2) is 24.3 Å². The first-order valence-electron chi connectivity index (χ1n) is 7.97. The molecule has 1 amide bonds. The highest BCUT2D eigenvalue weighted by atomic mass is 19.1. The van der Waals surface area contributed by atoms with Gasteiger partial charge in [-0.3, -0.25) is 4.79 Å². The van der Waals surface area contributed by atoms with Crippen molar-refractivity contribution in [3.05, 3.63) is 30.1 Å². The molecule has 0 heterocycles. The molecule has 1 aliphatic rings. The summed E-state index contributed by atoms with van der Waals surface area (Å²) in [5, 5.41) is 0. The van der Waals surface area contributed by atoms with Crippen molar-refractivity contribution < 1.29 is 9.18 Å². The minimum Gasteiger partial charge on any atom is -0.330 e. The summed E-state index contributed by atoms with van der Waals surface area (Å²) >= 11 is 0. The van der Waals surface area contributed by atoms with Crippen LogP contribution in [0.1, 0.15) is 44.9 Å². The Morgan fingerprint density at radius 3 is 2.62 bits per heavy atom. The number of hydrogen-bond acceptors (Lipinski definition) is 2. The van der Waals surface area contributed by atoms with Crippen LogP contribution in [0.5, 0.6) is 0 Å². The standard InChI is InChI=1S/C17H25FN2O/c18-15-9-4-5-10-16(15)20(12-6-11-19)17(21)13-14-7-2-1-3-8-14/h4-5,9-10,14H,1-3,6-8,11-13,19H2. The molecule has 116 valence electrons. The van der Waals surface area contributed by atoms with Crippen molar-refractivity contribution in [1.82, 2.24) is 0 Å². The number of para-hydroxylation sites is 1. The molecule has 4 heteroatoms. The molecule has 2 N–H and O–H groups in total. The van der Waals surface area contributed by atoms with Crippen molar-refractivity contribution in [2.45, 2.75) is 44.9 Å². The molecule has 0 bridgehead atoms. The molecule has 3 nitrogen and oxygen atoms in total. The molecule has 0 atom stereocenters. The van der Waals surface area contributed by atoms with Gasteiger partial charge >= 0.3 is 0 Å². The first kappa shape index (κ1) is 16.0. The van der Waals surface area contributed by atoms with E-state index in [4.69, 9.17) is 5.73 Å². The number of halogens is 1. The first-order chi connectivity index (χ1) is 10.2. The molecule has 0 aromatic heterocycles. The van der Waals surface area contributed by atoms with E-state index in [9.17, 15) is 9.18 Å². The van der Waals surface area contributed by atoms with Crippen LogP contribution in [0.3, 0.4) is 0 Å². The number of carbonyl (C=O) groups excluding carboxylic acids is 1. The fourth-order valence-electron chi connectivity index (χ4n) is 3.05. The summed E-state index contributed by atoms with van der Waals surface area (Å²) < 4.78 is 14.0. The van der Waals surface area contributed by atoms with E-state index < -0.39 is 0 Å². The topological polar surface area (TPSA) is 46.3 Å². The lowest BCUT2D eigenvalue weighted by Gasteiger charge is -2.27. The molecule has 1 aromatic carbocycles. The second-order valence-electron chi connectivity index (χ2n) is 5.85. The number of carbonyl (C=O) groups is 1. The molecule has 0 aliphatic heterocycles. The highest BCUT2D eigenvalue weighted by molar-refractivity contribution is 5.93. The van der Waals surface area contributed by atoms with E-state index in [1.807, 2.05) is 0 Å². The third-order valence-electron chi connectivity index (χ3n) is 4.22. The second-order valence-corrected chi connectivity index (χ2v) is 5.85. The Bertz CT molecular complexity index is 458. The third kappa shape index (κ3) is 4.53. The number of benzene rings is 1. The zero-order valence-corrected chi connectivity index (χ0v) is 12.6. The molecule has 0 spiro atoms. The fraction of sp³-hybridized carbons (Fsp3) is 0.588. The van der Waals surface area contributed by atoms with Crippen LogP contribution >= 0.6 is 0 Å². The maximum Gasteiger partial charge on any atom is 0.227 e. The number of amides is 1. The van der Waals surface area contributed by atoms with Gasteiger partial charge < -0.3 is 10.6 Å². The maximum absolute atomic E-state index is 14.0. The summed E-state index contributed by atoms with van der Waals surface area (Å²) in [6.07, 6.45) is 7.14. The van der Waals surface area contributed by atoms with Gasteiger partial charge in [0.15, 0.2) is 0 Å². The van der Waals surface area contributed by atoms with E-state index in [2.05, 4.69) is 0 Å².